The fourth-order valence-corrected chi connectivity index (χ4v) is 2.45. The van der Waals surface area contributed by atoms with E-state index < -0.39 is 0 Å². The van der Waals surface area contributed by atoms with Crippen molar-refractivity contribution in [2.45, 2.75) is 25.1 Å². The Hall–Kier alpha value is -0.840. The van der Waals surface area contributed by atoms with E-state index in [1.807, 2.05) is 4.90 Å². The number of likely N-dealkylation sites (tertiary alicyclic amines) is 1. The highest BCUT2D eigenvalue weighted by atomic mass is 79.9. The first kappa shape index (κ1) is 11.6. The highest BCUT2D eigenvalue weighted by Crippen LogP contribution is 2.24. The van der Waals surface area contributed by atoms with Gasteiger partial charge in [-0.3, -0.25) is 4.79 Å². The molecule has 0 saturated carbocycles. The third-order valence-corrected chi connectivity index (χ3v) is 4.19. The van der Waals surface area contributed by atoms with Gasteiger partial charge in [0.15, 0.2) is 5.69 Å². The van der Waals surface area contributed by atoms with E-state index in [0.717, 1.165) is 19.5 Å². The number of amides is 1. The number of nitrogens with zero attached hydrogens (tertiary/aromatic N) is 2. The minimum Gasteiger partial charge on any atom is -0.361 e. The Kier molecular flexibility index (Phi) is 3.33. The summed E-state index contributed by atoms with van der Waals surface area (Å²) in [6, 6.07) is 1.68. The summed E-state index contributed by atoms with van der Waals surface area (Å²) in [6.45, 7) is 5.52. The van der Waals surface area contributed by atoms with Crippen molar-refractivity contribution < 1.29 is 9.32 Å². The van der Waals surface area contributed by atoms with Gasteiger partial charge in [0.2, 0.25) is 0 Å². The van der Waals surface area contributed by atoms with Gasteiger partial charge in [-0.15, -0.1) is 0 Å². The number of aryl methyl sites for hydroxylation is 1. The Morgan fingerprint density at radius 2 is 2.44 bits per heavy atom. The lowest BCUT2D eigenvalue weighted by Gasteiger charge is -2.33. The second-order valence-electron chi connectivity index (χ2n) is 4.36. The van der Waals surface area contributed by atoms with Crippen LogP contribution in [0.15, 0.2) is 10.6 Å². The minimum atomic E-state index is -0.0341. The van der Waals surface area contributed by atoms with Crippen LogP contribution in [-0.4, -0.2) is 33.9 Å². The highest BCUT2D eigenvalue weighted by Gasteiger charge is 2.28. The lowest BCUT2D eigenvalue weighted by atomic mass is 9.99. The van der Waals surface area contributed by atoms with Crippen molar-refractivity contribution in [2.24, 2.45) is 5.92 Å². The molecule has 1 aromatic rings. The summed E-state index contributed by atoms with van der Waals surface area (Å²) in [5.74, 6) is 1.25. The van der Waals surface area contributed by atoms with Crippen LogP contribution in [0, 0.1) is 12.8 Å². The molecule has 0 aliphatic carbocycles. The topological polar surface area (TPSA) is 46.3 Å². The molecule has 16 heavy (non-hydrogen) atoms. The lowest BCUT2D eigenvalue weighted by Crippen LogP contribution is -2.43. The summed E-state index contributed by atoms with van der Waals surface area (Å²) >= 11 is 3.60. The Labute approximate surface area is 103 Å². The Morgan fingerprint density at radius 1 is 1.69 bits per heavy atom. The number of carbonyl (C=O) groups excluding carboxylic acids is 1. The van der Waals surface area contributed by atoms with Crippen LogP contribution in [-0.2, 0) is 0 Å². The maximum Gasteiger partial charge on any atom is 0.276 e. The monoisotopic (exact) mass is 286 g/mol. The molecule has 2 unspecified atom stereocenters. The van der Waals surface area contributed by atoms with Crippen LogP contribution in [0.3, 0.4) is 0 Å². The van der Waals surface area contributed by atoms with Crippen LogP contribution in [0.25, 0.3) is 0 Å². The predicted octanol–water partition coefficient (Wildman–Crippen LogP) is 2.23. The van der Waals surface area contributed by atoms with Crippen LogP contribution in [0.1, 0.15) is 29.6 Å². The van der Waals surface area contributed by atoms with E-state index in [0.29, 0.717) is 22.2 Å². The second kappa shape index (κ2) is 4.57. The molecule has 4 nitrogen and oxygen atoms in total. The standard InChI is InChI=1S/C11H15BrN2O2/c1-7-3-4-14(6-9(7)12)11(15)10-5-8(2)16-13-10/h5,7,9H,3-4,6H2,1-2H3. The van der Waals surface area contributed by atoms with E-state index in [1.54, 1.807) is 13.0 Å². The fraction of sp³-hybridized carbons (Fsp3) is 0.636. The minimum absolute atomic E-state index is 0.0341. The smallest absolute Gasteiger partial charge is 0.276 e. The van der Waals surface area contributed by atoms with Crippen molar-refractivity contribution in [1.29, 1.82) is 0 Å². The largest absolute Gasteiger partial charge is 0.361 e. The van der Waals surface area contributed by atoms with E-state index in [1.165, 1.54) is 0 Å². The number of hydrogen-bond acceptors (Lipinski definition) is 3. The molecular weight excluding hydrogens is 272 g/mol. The maximum atomic E-state index is 12.0. The van der Waals surface area contributed by atoms with E-state index in [4.69, 9.17) is 4.52 Å². The molecule has 1 aliphatic rings. The van der Waals surface area contributed by atoms with E-state index >= 15 is 0 Å². The van der Waals surface area contributed by atoms with Gasteiger partial charge in [-0.2, -0.15) is 0 Å². The number of carbonyl (C=O) groups is 1. The first-order chi connectivity index (χ1) is 7.58. The molecule has 0 bridgehead atoms. The number of aromatic nitrogens is 1. The van der Waals surface area contributed by atoms with Gasteiger partial charge in [-0.1, -0.05) is 28.0 Å². The number of halogens is 1. The zero-order chi connectivity index (χ0) is 11.7. The molecule has 1 fully saturated rings. The van der Waals surface area contributed by atoms with Crippen LogP contribution in [0.4, 0.5) is 0 Å². The van der Waals surface area contributed by atoms with Gasteiger partial charge in [0.05, 0.1) is 0 Å². The third kappa shape index (κ3) is 2.29. The summed E-state index contributed by atoms with van der Waals surface area (Å²) < 4.78 is 4.92. The average Bonchev–Trinajstić information content (AvgIpc) is 2.68. The molecule has 0 aromatic carbocycles. The summed E-state index contributed by atoms with van der Waals surface area (Å²) in [5, 5.41) is 3.75. The molecule has 1 amide bonds. The Bertz CT molecular complexity index is 391. The van der Waals surface area contributed by atoms with Crippen LogP contribution < -0.4 is 0 Å². The number of hydrogen-bond donors (Lipinski definition) is 0. The van der Waals surface area contributed by atoms with Crippen LogP contribution >= 0.6 is 15.9 Å². The SMILES string of the molecule is Cc1cc(C(=O)N2CCC(C)C(Br)C2)no1. The van der Waals surface area contributed by atoms with Crippen LogP contribution in [0.2, 0.25) is 0 Å². The summed E-state index contributed by atoms with van der Waals surface area (Å²) in [7, 11) is 0. The Balaban J connectivity index is 2.06. The van der Waals surface area contributed by atoms with Gasteiger partial charge in [0.25, 0.3) is 5.91 Å². The van der Waals surface area contributed by atoms with Gasteiger partial charge in [0, 0.05) is 24.0 Å². The van der Waals surface area contributed by atoms with E-state index in [-0.39, 0.29) is 5.91 Å². The summed E-state index contributed by atoms with van der Waals surface area (Å²) in [4.78, 5) is 14.3. The second-order valence-corrected chi connectivity index (χ2v) is 5.53. The van der Waals surface area contributed by atoms with Gasteiger partial charge >= 0.3 is 0 Å². The van der Waals surface area contributed by atoms with Gasteiger partial charge < -0.3 is 9.42 Å². The lowest BCUT2D eigenvalue weighted by molar-refractivity contribution is 0.0695. The molecule has 1 aliphatic heterocycles. The molecule has 0 spiro atoms. The quantitative estimate of drug-likeness (QED) is 0.744. The molecule has 2 heterocycles. The van der Waals surface area contributed by atoms with Gasteiger partial charge in [-0.25, -0.2) is 0 Å². The van der Waals surface area contributed by atoms with E-state index in [9.17, 15) is 4.79 Å². The van der Waals surface area contributed by atoms with Gasteiger partial charge in [0.1, 0.15) is 5.76 Å². The highest BCUT2D eigenvalue weighted by molar-refractivity contribution is 9.09. The summed E-state index contributed by atoms with van der Waals surface area (Å²) in [6.07, 6.45) is 1.03. The fourth-order valence-electron chi connectivity index (χ4n) is 1.84. The molecule has 1 saturated heterocycles. The van der Waals surface area contributed by atoms with Crippen molar-refractivity contribution >= 4 is 21.8 Å². The molecule has 2 rings (SSSR count). The maximum absolute atomic E-state index is 12.0. The van der Waals surface area contributed by atoms with E-state index in [2.05, 4.69) is 28.0 Å². The molecule has 0 radical (unpaired) electrons. The first-order valence-corrected chi connectivity index (χ1v) is 6.36. The third-order valence-electron chi connectivity index (χ3n) is 3.00. The van der Waals surface area contributed by atoms with Gasteiger partial charge in [-0.05, 0) is 19.3 Å². The molecule has 0 N–H and O–H groups in total. The Morgan fingerprint density at radius 3 is 3.00 bits per heavy atom. The number of rotatable bonds is 1. The van der Waals surface area contributed by atoms with Crippen molar-refractivity contribution in [1.82, 2.24) is 10.1 Å². The van der Waals surface area contributed by atoms with Crippen molar-refractivity contribution in [3.05, 3.63) is 17.5 Å². The number of alkyl halides is 1. The predicted molar refractivity (Wildman–Crippen MR) is 63.6 cm³/mol. The number of piperidine rings is 1. The molecule has 1 aromatic heterocycles. The van der Waals surface area contributed by atoms with Crippen LogP contribution in [0.5, 0.6) is 0 Å². The average molecular weight is 287 g/mol. The summed E-state index contributed by atoms with van der Waals surface area (Å²) in [5.41, 5.74) is 0.409. The molecular formula is C11H15BrN2O2. The first-order valence-electron chi connectivity index (χ1n) is 5.44. The molecule has 88 valence electrons. The molecule has 5 heteroatoms. The zero-order valence-corrected chi connectivity index (χ0v) is 11.0. The molecule has 2 atom stereocenters. The zero-order valence-electron chi connectivity index (χ0n) is 9.44. The van der Waals surface area contributed by atoms with Crippen molar-refractivity contribution in [3.8, 4) is 0 Å². The normalized spacial score (nSPS) is 25.8. The van der Waals surface area contributed by atoms with Crippen molar-refractivity contribution in [3.63, 3.8) is 0 Å². The van der Waals surface area contributed by atoms with Crippen molar-refractivity contribution in [2.75, 3.05) is 13.1 Å².